The highest BCUT2D eigenvalue weighted by molar-refractivity contribution is 9.11. The number of hydrogen-bond donors (Lipinski definition) is 0. The number of hydrogen-bond acceptors (Lipinski definition) is 2. The smallest absolute Gasteiger partial charge is 0.105 e. The first-order valence-corrected chi connectivity index (χ1v) is 6.71. The summed E-state index contributed by atoms with van der Waals surface area (Å²) in [6.45, 7) is 4.41. The van der Waals surface area contributed by atoms with E-state index >= 15 is 0 Å². The first-order chi connectivity index (χ1) is 7.72. The highest BCUT2D eigenvalue weighted by Gasteiger charge is 2.14. The van der Waals surface area contributed by atoms with Crippen molar-refractivity contribution in [2.45, 2.75) is 26.2 Å². The molecule has 3 heteroatoms. The van der Waals surface area contributed by atoms with Crippen LogP contribution in [0.25, 0.3) is 0 Å². The van der Waals surface area contributed by atoms with Crippen molar-refractivity contribution in [3.63, 3.8) is 0 Å². The van der Waals surface area contributed by atoms with Crippen LogP contribution in [-0.2, 0) is 0 Å². The molecule has 1 rings (SSSR count). The molecule has 0 unspecified atom stereocenters. The van der Waals surface area contributed by atoms with Gasteiger partial charge >= 0.3 is 0 Å². The Labute approximate surface area is 107 Å². The quantitative estimate of drug-likeness (QED) is 0.438. The zero-order valence-corrected chi connectivity index (χ0v) is 11.8. The van der Waals surface area contributed by atoms with Gasteiger partial charge in [-0.25, -0.2) is 0 Å². The third-order valence-corrected chi connectivity index (χ3v) is 3.40. The van der Waals surface area contributed by atoms with E-state index in [4.69, 9.17) is 0 Å². The molecule has 0 aromatic carbocycles. The first-order valence-electron chi connectivity index (χ1n) is 5.92. The van der Waals surface area contributed by atoms with E-state index in [9.17, 15) is 0 Å². The van der Waals surface area contributed by atoms with Crippen LogP contribution in [0.15, 0.2) is 27.8 Å². The van der Waals surface area contributed by atoms with Gasteiger partial charge in [-0.2, -0.15) is 0 Å². The summed E-state index contributed by atoms with van der Waals surface area (Å²) in [5.74, 6) is 0.870. The molecule has 0 N–H and O–H groups in total. The topological polar surface area (TPSA) is 15.6 Å². The Kier molecular flexibility index (Phi) is 6.65. The van der Waals surface area contributed by atoms with Crippen LogP contribution in [-0.4, -0.2) is 31.3 Å². The van der Waals surface area contributed by atoms with E-state index in [1.54, 1.807) is 6.21 Å². The second-order valence-electron chi connectivity index (χ2n) is 4.29. The van der Waals surface area contributed by atoms with E-state index in [1.165, 1.54) is 32.4 Å². The van der Waals surface area contributed by atoms with Crippen molar-refractivity contribution in [1.29, 1.82) is 0 Å². The molecule has 2 nitrogen and oxygen atoms in total. The summed E-state index contributed by atoms with van der Waals surface area (Å²) >= 11 is 3.38. The third kappa shape index (κ3) is 5.61. The van der Waals surface area contributed by atoms with Crippen LogP contribution in [0.5, 0.6) is 0 Å². The van der Waals surface area contributed by atoms with E-state index in [-0.39, 0.29) is 0 Å². The first kappa shape index (κ1) is 13.7. The molecule has 0 aliphatic carbocycles. The standard InChI is InChI=1S/C13H21BrN2/c1-3-15-13(14)7-5-4-6-12-8-10-16(2)11-9-12/h3-5,7,12H,6,8-11H2,1-2H3/b5-4+,13-7-,15-3?. The van der Waals surface area contributed by atoms with Gasteiger partial charge in [-0.15, -0.1) is 0 Å². The summed E-state index contributed by atoms with van der Waals surface area (Å²) in [4.78, 5) is 6.52. The molecule has 0 saturated carbocycles. The van der Waals surface area contributed by atoms with Crippen molar-refractivity contribution < 1.29 is 0 Å². The molecule has 0 aromatic rings. The molecule has 0 spiro atoms. The SMILES string of the molecule is CC=N/C(Br)=C\C=C\CC1CCN(C)CC1. The van der Waals surface area contributed by atoms with Crippen LogP contribution in [0, 0.1) is 5.92 Å². The van der Waals surface area contributed by atoms with Crippen molar-refractivity contribution in [3.05, 3.63) is 22.8 Å². The van der Waals surface area contributed by atoms with E-state index in [0.717, 1.165) is 10.5 Å². The van der Waals surface area contributed by atoms with Gasteiger partial charge in [0.25, 0.3) is 0 Å². The Morgan fingerprint density at radius 3 is 2.75 bits per heavy atom. The highest BCUT2D eigenvalue weighted by atomic mass is 79.9. The van der Waals surface area contributed by atoms with Gasteiger partial charge in [-0.05, 0) is 74.2 Å². The van der Waals surface area contributed by atoms with E-state index in [2.05, 4.69) is 45.0 Å². The van der Waals surface area contributed by atoms with Gasteiger partial charge in [0.2, 0.25) is 0 Å². The lowest BCUT2D eigenvalue weighted by atomic mass is 9.94. The molecule has 0 bridgehead atoms. The van der Waals surface area contributed by atoms with Crippen LogP contribution in [0.4, 0.5) is 0 Å². The summed E-state index contributed by atoms with van der Waals surface area (Å²) < 4.78 is 0.884. The third-order valence-electron chi connectivity index (χ3n) is 2.93. The maximum atomic E-state index is 4.11. The van der Waals surface area contributed by atoms with Gasteiger partial charge in [-0.3, -0.25) is 4.99 Å². The van der Waals surface area contributed by atoms with Gasteiger partial charge in [-0.1, -0.05) is 12.2 Å². The summed E-state index contributed by atoms with van der Waals surface area (Å²) in [6, 6.07) is 0. The second-order valence-corrected chi connectivity index (χ2v) is 5.10. The van der Waals surface area contributed by atoms with Crippen molar-refractivity contribution in [1.82, 2.24) is 4.90 Å². The highest BCUT2D eigenvalue weighted by Crippen LogP contribution is 2.19. The Bertz CT molecular complexity index is 274. The minimum absolute atomic E-state index is 0.870. The van der Waals surface area contributed by atoms with Crippen LogP contribution >= 0.6 is 15.9 Å². The van der Waals surface area contributed by atoms with E-state index in [1.807, 2.05) is 13.0 Å². The summed E-state index contributed by atoms with van der Waals surface area (Å²) in [5, 5.41) is 0. The van der Waals surface area contributed by atoms with Gasteiger partial charge in [0.05, 0.1) is 0 Å². The van der Waals surface area contributed by atoms with Crippen LogP contribution in [0.3, 0.4) is 0 Å². The molecule has 0 amide bonds. The molecule has 0 radical (unpaired) electrons. The Balaban J connectivity index is 2.24. The Morgan fingerprint density at radius 2 is 2.12 bits per heavy atom. The average molecular weight is 285 g/mol. The van der Waals surface area contributed by atoms with Crippen LogP contribution in [0.1, 0.15) is 26.2 Å². The molecule has 1 saturated heterocycles. The molecule has 1 heterocycles. The molecule has 90 valence electrons. The van der Waals surface area contributed by atoms with Gasteiger partial charge in [0.1, 0.15) is 4.61 Å². The number of allylic oxidation sites excluding steroid dienone is 3. The minimum atomic E-state index is 0.870. The second kappa shape index (κ2) is 7.80. The molecule has 1 fully saturated rings. The Hall–Kier alpha value is -0.410. The fourth-order valence-corrected chi connectivity index (χ4v) is 2.24. The molecular weight excluding hydrogens is 264 g/mol. The fraction of sp³-hybridized carbons (Fsp3) is 0.615. The summed E-state index contributed by atoms with van der Waals surface area (Å²) in [6.07, 6.45) is 12.0. The van der Waals surface area contributed by atoms with Crippen molar-refractivity contribution >= 4 is 22.1 Å². The summed E-state index contributed by atoms with van der Waals surface area (Å²) in [5.41, 5.74) is 0. The van der Waals surface area contributed by atoms with Gasteiger partial charge in [0, 0.05) is 6.21 Å². The van der Waals surface area contributed by atoms with Crippen molar-refractivity contribution in [2.75, 3.05) is 20.1 Å². The lowest BCUT2D eigenvalue weighted by molar-refractivity contribution is 0.221. The maximum absolute atomic E-state index is 4.11. The lowest BCUT2D eigenvalue weighted by Gasteiger charge is -2.28. The number of aliphatic imine (C=N–C) groups is 1. The van der Waals surface area contributed by atoms with Gasteiger partial charge < -0.3 is 4.90 Å². The molecule has 0 aromatic heterocycles. The van der Waals surface area contributed by atoms with Crippen LogP contribution < -0.4 is 0 Å². The number of nitrogens with zero attached hydrogens (tertiary/aromatic N) is 2. The fourth-order valence-electron chi connectivity index (χ4n) is 1.88. The number of halogens is 1. The number of likely N-dealkylation sites (tertiary alicyclic amines) is 1. The monoisotopic (exact) mass is 284 g/mol. The zero-order chi connectivity index (χ0) is 11.8. The zero-order valence-electron chi connectivity index (χ0n) is 10.2. The van der Waals surface area contributed by atoms with Crippen molar-refractivity contribution in [2.24, 2.45) is 10.9 Å². The molecule has 16 heavy (non-hydrogen) atoms. The van der Waals surface area contributed by atoms with Crippen LogP contribution in [0.2, 0.25) is 0 Å². The predicted octanol–water partition coefficient (Wildman–Crippen LogP) is 3.60. The van der Waals surface area contributed by atoms with E-state index in [0.29, 0.717) is 0 Å². The molecule has 1 aliphatic rings. The maximum Gasteiger partial charge on any atom is 0.105 e. The van der Waals surface area contributed by atoms with Gasteiger partial charge in [0.15, 0.2) is 0 Å². The van der Waals surface area contributed by atoms with Crippen molar-refractivity contribution in [3.8, 4) is 0 Å². The van der Waals surface area contributed by atoms with E-state index < -0.39 is 0 Å². The lowest BCUT2D eigenvalue weighted by Crippen LogP contribution is -2.29. The largest absolute Gasteiger partial charge is 0.306 e. The number of piperidine rings is 1. The average Bonchev–Trinajstić information content (AvgIpc) is 2.27. The predicted molar refractivity (Wildman–Crippen MR) is 75.2 cm³/mol. The molecular formula is C13H21BrN2. The normalized spacial score (nSPS) is 21.3. The molecule has 0 atom stereocenters. The molecule has 1 aliphatic heterocycles. The summed E-state index contributed by atoms with van der Waals surface area (Å²) in [7, 11) is 2.20. The number of rotatable bonds is 4. The minimum Gasteiger partial charge on any atom is -0.306 e. The Morgan fingerprint density at radius 1 is 1.44 bits per heavy atom.